The minimum Gasteiger partial charge on any atom is -0.354 e. The second-order valence-corrected chi connectivity index (χ2v) is 10.6. The van der Waals surface area contributed by atoms with Crippen LogP contribution in [-0.4, -0.2) is 50.5 Å². The van der Waals surface area contributed by atoms with E-state index in [4.69, 9.17) is 0 Å². The molecule has 0 saturated heterocycles. The first-order chi connectivity index (χ1) is 16.0. The van der Waals surface area contributed by atoms with Gasteiger partial charge in [0.25, 0.3) is 0 Å². The van der Waals surface area contributed by atoms with E-state index in [0.717, 1.165) is 39.2 Å². The van der Waals surface area contributed by atoms with Gasteiger partial charge in [0.15, 0.2) is 0 Å². The summed E-state index contributed by atoms with van der Waals surface area (Å²) in [5.74, 6) is -0.656. The number of benzene rings is 2. The summed E-state index contributed by atoms with van der Waals surface area (Å²) in [4.78, 5) is 28.2. The summed E-state index contributed by atoms with van der Waals surface area (Å²) < 4.78 is 26.7. The summed E-state index contributed by atoms with van der Waals surface area (Å²) in [6, 6.07) is 12.5. The summed E-state index contributed by atoms with van der Waals surface area (Å²) in [6.07, 6.45) is 2.29. The highest BCUT2D eigenvalue weighted by molar-refractivity contribution is 7.92. The quantitative estimate of drug-likeness (QED) is 0.523. The molecule has 1 N–H and O–H groups in total. The van der Waals surface area contributed by atoms with Gasteiger partial charge in [-0.3, -0.25) is 13.9 Å². The first-order valence-corrected chi connectivity index (χ1v) is 13.5. The van der Waals surface area contributed by atoms with E-state index in [0.29, 0.717) is 18.7 Å². The summed E-state index contributed by atoms with van der Waals surface area (Å²) in [5.41, 5.74) is 4.02. The highest BCUT2D eigenvalue weighted by Crippen LogP contribution is 2.25. The molecule has 0 aliphatic heterocycles. The summed E-state index contributed by atoms with van der Waals surface area (Å²) >= 11 is 0. The van der Waals surface area contributed by atoms with Gasteiger partial charge in [0.05, 0.1) is 11.9 Å². The maximum absolute atomic E-state index is 13.7. The second-order valence-electron chi connectivity index (χ2n) is 8.72. The van der Waals surface area contributed by atoms with Crippen molar-refractivity contribution in [3.63, 3.8) is 0 Å². The molecule has 34 heavy (non-hydrogen) atoms. The lowest BCUT2D eigenvalue weighted by Crippen LogP contribution is -2.52. The van der Waals surface area contributed by atoms with E-state index in [-0.39, 0.29) is 19.0 Å². The molecule has 0 fully saturated rings. The van der Waals surface area contributed by atoms with Gasteiger partial charge < -0.3 is 10.2 Å². The summed E-state index contributed by atoms with van der Waals surface area (Å²) in [6.45, 7) is 9.81. The van der Waals surface area contributed by atoms with E-state index < -0.39 is 22.0 Å². The average Bonchev–Trinajstić information content (AvgIpc) is 2.78. The maximum atomic E-state index is 13.7. The standard InChI is InChI=1S/C26H37N3O4S/c1-7-15-27-26(31)23(8-2)28(17-22-12-10-9-11-20(22)4)25(30)18-29(34(6,32)33)24-16-19(3)13-14-21(24)5/h9-14,16,23H,7-8,15,17-18H2,1-6H3,(H,27,31)/t23-/m1/s1. The Kier molecular flexibility index (Phi) is 9.67. The number of carbonyl (C=O) groups is 2. The Morgan fingerprint density at radius 2 is 1.68 bits per heavy atom. The van der Waals surface area contributed by atoms with Gasteiger partial charge in [-0.15, -0.1) is 0 Å². The maximum Gasteiger partial charge on any atom is 0.244 e. The van der Waals surface area contributed by atoms with Crippen LogP contribution in [0.3, 0.4) is 0 Å². The van der Waals surface area contributed by atoms with Crippen molar-refractivity contribution in [3.05, 3.63) is 64.7 Å². The zero-order valence-corrected chi connectivity index (χ0v) is 21.9. The molecule has 0 unspecified atom stereocenters. The molecule has 0 saturated carbocycles. The molecule has 0 spiro atoms. The van der Waals surface area contributed by atoms with E-state index in [1.165, 1.54) is 4.90 Å². The Balaban J connectivity index is 2.48. The Morgan fingerprint density at radius 1 is 1.00 bits per heavy atom. The SMILES string of the molecule is CCCNC(=O)[C@@H](CC)N(Cc1ccccc1C)C(=O)CN(c1cc(C)ccc1C)S(C)(=O)=O. The largest absolute Gasteiger partial charge is 0.354 e. The first-order valence-electron chi connectivity index (χ1n) is 11.7. The topological polar surface area (TPSA) is 86.8 Å². The highest BCUT2D eigenvalue weighted by Gasteiger charge is 2.32. The Labute approximate surface area is 204 Å². The molecule has 2 amide bonds. The number of rotatable bonds is 11. The number of nitrogens with one attached hydrogen (secondary N) is 1. The van der Waals surface area contributed by atoms with Gasteiger partial charge >= 0.3 is 0 Å². The lowest BCUT2D eigenvalue weighted by Gasteiger charge is -2.33. The van der Waals surface area contributed by atoms with Crippen LogP contribution in [0.1, 0.15) is 48.9 Å². The number of carbonyl (C=O) groups excluding carboxylic acids is 2. The Bertz CT molecular complexity index is 1110. The number of amides is 2. The zero-order chi connectivity index (χ0) is 25.5. The van der Waals surface area contributed by atoms with Gasteiger partial charge in [0.2, 0.25) is 21.8 Å². The predicted octanol–water partition coefficient (Wildman–Crippen LogP) is 3.71. The van der Waals surface area contributed by atoms with Crippen LogP contribution in [-0.2, 0) is 26.2 Å². The monoisotopic (exact) mass is 487 g/mol. The smallest absolute Gasteiger partial charge is 0.244 e. The summed E-state index contributed by atoms with van der Waals surface area (Å²) in [5, 5.41) is 2.89. The third-order valence-electron chi connectivity index (χ3n) is 5.85. The minimum atomic E-state index is -3.75. The number of hydrogen-bond acceptors (Lipinski definition) is 4. The number of aryl methyl sites for hydroxylation is 3. The normalized spacial score (nSPS) is 12.2. The number of sulfonamides is 1. The third-order valence-corrected chi connectivity index (χ3v) is 6.98. The van der Waals surface area contributed by atoms with E-state index in [2.05, 4.69) is 5.32 Å². The van der Waals surface area contributed by atoms with E-state index in [1.54, 1.807) is 6.07 Å². The zero-order valence-electron chi connectivity index (χ0n) is 21.1. The van der Waals surface area contributed by atoms with Crippen molar-refractivity contribution in [2.24, 2.45) is 0 Å². The van der Waals surface area contributed by atoms with E-state index >= 15 is 0 Å². The lowest BCUT2D eigenvalue weighted by atomic mass is 10.1. The molecule has 0 bridgehead atoms. The van der Waals surface area contributed by atoms with Gasteiger partial charge in [-0.05, 0) is 61.9 Å². The molecule has 0 radical (unpaired) electrons. The van der Waals surface area contributed by atoms with Crippen molar-refractivity contribution >= 4 is 27.5 Å². The molecular weight excluding hydrogens is 450 g/mol. The van der Waals surface area contributed by atoms with Crippen molar-refractivity contribution in [1.82, 2.24) is 10.2 Å². The first kappa shape index (κ1) is 27.4. The molecule has 0 aromatic heterocycles. The van der Waals surface area contributed by atoms with Crippen LogP contribution < -0.4 is 9.62 Å². The Hall–Kier alpha value is -2.87. The van der Waals surface area contributed by atoms with Crippen molar-refractivity contribution in [3.8, 4) is 0 Å². The van der Waals surface area contributed by atoms with Crippen LogP contribution in [0.25, 0.3) is 0 Å². The van der Waals surface area contributed by atoms with E-state index in [9.17, 15) is 18.0 Å². The lowest BCUT2D eigenvalue weighted by molar-refractivity contribution is -0.140. The molecule has 2 aromatic carbocycles. The molecule has 0 heterocycles. The minimum absolute atomic E-state index is 0.216. The van der Waals surface area contributed by atoms with Gasteiger partial charge in [-0.1, -0.05) is 50.2 Å². The molecule has 0 aliphatic rings. The molecule has 186 valence electrons. The molecule has 2 rings (SSSR count). The van der Waals surface area contributed by atoms with E-state index in [1.807, 2.05) is 71.0 Å². The number of hydrogen-bond donors (Lipinski definition) is 1. The van der Waals surface area contributed by atoms with Crippen molar-refractivity contribution < 1.29 is 18.0 Å². The molecular formula is C26H37N3O4S. The van der Waals surface area contributed by atoms with Crippen LogP contribution >= 0.6 is 0 Å². The fourth-order valence-electron chi connectivity index (χ4n) is 3.84. The molecule has 0 aliphatic carbocycles. The van der Waals surface area contributed by atoms with Crippen LogP contribution in [0.2, 0.25) is 0 Å². The van der Waals surface area contributed by atoms with Gasteiger partial charge in [0, 0.05) is 13.1 Å². The van der Waals surface area contributed by atoms with Crippen LogP contribution in [0, 0.1) is 20.8 Å². The van der Waals surface area contributed by atoms with Crippen LogP contribution in [0.15, 0.2) is 42.5 Å². The van der Waals surface area contributed by atoms with Gasteiger partial charge in [0.1, 0.15) is 12.6 Å². The molecule has 7 nitrogen and oxygen atoms in total. The highest BCUT2D eigenvalue weighted by atomic mass is 32.2. The number of nitrogens with zero attached hydrogens (tertiary/aromatic N) is 2. The molecule has 1 atom stereocenters. The second kappa shape index (κ2) is 12.0. The fraction of sp³-hybridized carbons (Fsp3) is 0.462. The van der Waals surface area contributed by atoms with Crippen molar-refractivity contribution in [1.29, 1.82) is 0 Å². The Morgan fingerprint density at radius 3 is 2.26 bits per heavy atom. The number of anilines is 1. The predicted molar refractivity (Wildman–Crippen MR) is 137 cm³/mol. The van der Waals surface area contributed by atoms with Crippen molar-refractivity contribution in [2.75, 3.05) is 23.7 Å². The third kappa shape index (κ3) is 7.06. The summed E-state index contributed by atoms with van der Waals surface area (Å²) in [7, 11) is -3.75. The average molecular weight is 488 g/mol. The molecule has 2 aromatic rings. The fourth-order valence-corrected chi connectivity index (χ4v) is 4.74. The van der Waals surface area contributed by atoms with Crippen molar-refractivity contribution in [2.45, 2.75) is 60.0 Å². The van der Waals surface area contributed by atoms with Crippen LogP contribution in [0.4, 0.5) is 5.69 Å². The van der Waals surface area contributed by atoms with Gasteiger partial charge in [-0.2, -0.15) is 0 Å². The van der Waals surface area contributed by atoms with Gasteiger partial charge in [-0.25, -0.2) is 8.42 Å². The molecule has 8 heteroatoms. The van der Waals surface area contributed by atoms with Crippen LogP contribution in [0.5, 0.6) is 0 Å².